The van der Waals surface area contributed by atoms with E-state index in [0.717, 1.165) is 16.8 Å². The first-order chi connectivity index (χ1) is 22.1. The number of H-pyrrole nitrogens is 1. The van der Waals surface area contributed by atoms with Crippen molar-refractivity contribution in [3.63, 3.8) is 0 Å². The molecule has 2 saturated heterocycles. The summed E-state index contributed by atoms with van der Waals surface area (Å²) in [7, 11) is -23.8. The largest absolute Gasteiger partial charge is 1.00 e. The maximum absolute atomic E-state index is 12.2. The van der Waals surface area contributed by atoms with Gasteiger partial charge in [-0.25, -0.2) is 27.8 Å². The van der Waals surface area contributed by atoms with Crippen molar-refractivity contribution in [2.24, 2.45) is 0 Å². The Morgan fingerprint density at radius 2 is 1.27 bits per heavy atom. The second kappa shape index (κ2) is 21.6. The third kappa shape index (κ3) is 15.1. The third-order valence-corrected chi connectivity index (χ3v) is 12.2. The topological polar surface area (TPSA) is 390 Å². The Kier molecular flexibility index (Phi) is 22.4. The number of hydrogen-bond donors (Lipinski definition) is 9. The molecule has 0 radical (unpaired) electrons. The van der Waals surface area contributed by atoms with Crippen LogP contribution in [0.4, 0.5) is 5.82 Å². The number of nitrogen functional groups attached to an aromatic ring is 1. The zero-order valence-electron chi connectivity index (χ0n) is 27.5. The zero-order chi connectivity index (χ0) is 35.8. The van der Waals surface area contributed by atoms with Gasteiger partial charge in [-0.2, -0.15) is 17.9 Å². The molecule has 2 fully saturated rings. The number of aromatic amines is 1. The number of aliphatic hydroxyl groups excluding tert-OH is 3. The van der Waals surface area contributed by atoms with Crippen LogP contribution < -0.4 is 141 Å². The number of nitrogens with one attached hydrogen (secondary N) is 1. The minimum atomic E-state index is -6.19. The Hall–Kier alpha value is 1.72. The fourth-order valence-corrected chi connectivity index (χ4v) is 9.16. The van der Waals surface area contributed by atoms with Gasteiger partial charge in [-0.1, -0.05) is 0 Å². The molecule has 0 spiro atoms. The van der Waals surface area contributed by atoms with E-state index >= 15 is 0 Å². The molecule has 10 N–H and O–H groups in total. The van der Waals surface area contributed by atoms with Crippen LogP contribution in [-0.4, -0.2) is 97.7 Å². The summed E-state index contributed by atoms with van der Waals surface area (Å²) in [6.07, 6.45) is -9.25. The average molecular weight is 865 g/mol. The normalized spacial score (nSPS) is 28.6. The smallest absolute Gasteiger partial charge is 0.390 e. The Bertz CT molecular complexity index is 1890. The molecule has 0 aromatic carbocycles. The zero-order valence-corrected chi connectivity index (χ0v) is 39.1. The van der Waals surface area contributed by atoms with Crippen molar-refractivity contribution in [3.8, 4) is 0 Å². The van der Waals surface area contributed by atoms with Crippen molar-refractivity contribution in [1.29, 1.82) is 0 Å². The van der Waals surface area contributed by atoms with Crippen LogP contribution in [0.3, 0.4) is 0 Å². The second-order valence-electron chi connectivity index (χ2n) is 9.75. The number of rotatable bonds is 14. The van der Waals surface area contributed by atoms with Crippen LogP contribution in [-0.2, 0) is 49.7 Å². The van der Waals surface area contributed by atoms with E-state index in [9.17, 15) is 67.5 Å². The number of phosphoric ester groups is 2. The van der Waals surface area contributed by atoms with Gasteiger partial charge in [0.2, 0.25) is 0 Å². The maximum Gasteiger partial charge on any atom is 1.00 e. The molecule has 0 amide bonds. The van der Waals surface area contributed by atoms with Gasteiger partial charge in [0, 0.05) is 24.9 Å². The predicted octanol–water partition coefficient (Wildman–Crippen LogP) is -14.9. The Morgan fingerprint density at radius 1 is 0.769 bits per heavy atom. The summed E-state index contributed by atoms with van der Waals surface area (Å²) >= 11 is 0. The van der Waals surface area contributed by atoms with E-state index in [1.165, 1.54) is 12.3 Å². The molecule has 4 heterocycles. The van der Waals surface area contributed by atoms with Crippen molar-refractivity contribution < 1.29 is 203 Å². The summed E-state index contributed by atoms with van der Waals surface area (Å²) in [6, 6.07) is 2.13. The SMILES string of the molecule is Nc1ccn([C@H]2C[C@H](O)C(COP(=O)(O)OP(=O)(O)OP(=O)(O)OP(=O)(O)OC[C@H]3O[C@@H](n4ccc(=O)[nH]c4=O)[C@H](O)[C@@H]3O)O2)c(=O)n1.[Na+].[Na+].[Na+].[Na+]. The van der Waals surface area contributed by atoms with Crippen LogP contribution in [0.1, 0.15) is 18.9 Å². The summed E-state index contributed by atoms with van der Waals surface area (Å²) in [5.74, 6) is -0.103. The number of aliphatic hydroxyl groups is 3. The van der Waals surface area contributed by atoms with Crippen LogP contribution in [0, 0.1) is 0 Å². The fourth-order valence-electron chi connectivity index (χ4n) is 4.21. The molecule has 270 valence electrons. The van der Waals surface area contributed by atoms with E-state index in [1.54, 1.807) is 0 Å². The Morgan fingerprint density at radius 3 is 1.79 bits per heavy atom. The molecule has 5 unspecified atom stereocenters. The molecule has 26 nitrogen and oxygen atoms in total. The van der Waals surface area contributed by atoms with Gasteiger partial charge in [-0.3, -0.25) is 28.0 Å². The first kappa shape index (κ1) is 53.7. The number of aromatic nitrogens is 4. The number of ether oxygens (including phenoxy) is 2. The van der Waals surface area contributed by atoms with Crippen LogP contribution in [0.15, 0.2) is 38.9 Å². The van der Waals surface area contributed by atoms with Crippen LogP contribution in [0.2, 0.25) is 0 Å². The average Bonchev–Trinajstić information content (AvgIpc) is 3.42. The molecule has 2 aliphatic rings. The van der Waals surface area contributed by atoms with Crippen molar-refractivity contribution >= 4 is 37.1 Å². The summed E-state index contributed by atoms with van der Waals surface area (Å²) in [6.45, 7) is -2.20. The van der Waals surface area contributed by atoms with Gasteiger partial charge in [0.1, 0.15) is 36.5 Å². The predicted molar refractivity (Wildman–Crippen MR) is 149 cm³/mol. The van der Waals surface area contributed by atoms with Gasteiger partial charge >= 0.3 is 161 Å². The summed E-state index contributed by atoms with van der Waals surface area (Å²) in [5, 5.41) is 30.5. The molecule has 2 aromatic rings. The van der Waals surface area contributed by atoms with Gasteiger partial charge < -0.3 is 50.1 Å². The minimum absolute atomic E-state index is 0. The van der Waals surface area contributed by atoms with Crippen LogP contribution >= 0.6 is 31.3 Å². The van der Waals surface area contributed by atoms with Crippen LogP contribution in [0.5, 0.6) is 0 Å². The van der Waals surface area contributed by atoms with E-state index < -0.39 is 104 Å². The molecule has 2 aliphatic heterocycles. The Labute approximate surface area is 378 Å². The fraction of sp³-hybridized carbons (Fsp3) is 0.556. The van der Waals surface area contributed by atoms with E-state index in [4.69, 9.17) is 15.2 Å². The second-order valence-corrected chi connectivity index (χ2v) is 16.0. The van der Waals surface area contributed by atoms with Gasteiger partial charge in [0.05, 0.1) is 19.3 Å². The molecule has 52 heavy (non-hydrogen) atoms. The van der Waals surface area contributed by atoms with Gasteiger partial charge in [-0.15, -0.1) is 0 Å². The van der Waals surface area contributed by atoms with Gasteiger partial charge in [0.25, 0.3) is 5.56 Å². The molecule has 0 bridgehead atoms. The summed E-state index contributed by atoms with van der Waals surface area (Å²) < 4.78 is 81.2. The first-order valence-corrected chi connectivity index (χ1v) is 18.8. The standard InChI is InChI=1S/C18H27N5O21P4.4Na/c19-11-1-3-22(17(28)20-11)13-5-8(24)9(40-13)6-38-45(30,31)42-47(34,35)44-48(36,37)43-46(32,33)39-7-10-14(26)15(27)16(41-10)23-4-2-12(25)21-18(23)29;;;;/h1-4,8-10,13-16,24,26-27H,5-7H2,(H,30,31)(H,32,33)(H,34,35)(H,36,37)(H2,19,20,28)(H,21,25,29);;;;/q;4*+1/t8-,9?,10+,13+,14+,15+,16+;;;;/m0..../s1. The summed E-state index contributed by atoms with van der Waals surface area (Å²) in [4.78, 5) is 79.6. The molecule has 4 rings (SSSR count). The molecular formula is C18H27N5Na4O21P4+4. The van der Waals surface area contributed by atoms with Crippen molar-refractivity contribution in [2.75, 3.05) is 18.9 Å². The summed E-state index contributed by atoms with van der Waals surface area (Å²) in [5.41, 5.74) is 2.68. The number of nitrogens with zero attached hydrogens (tertiary/aromatic N) is 3. The minimum Gasteiger partial charge on any atom is -0.390 e. The Balaban J connectivity index is 0.00000650. The van der Waals surface area contributed by atoms with E-state index in [-0.39, 0.29) is 130 Å². The molecule has 2 aromatic heterocycles. The van der Waals surface area contributed by atoms with E-state index in [0.29, 0.717) is 4.57 Å². The van der Waals surface area contributed by atoms with Crippen molar-refractivity contribution in [1.82, 2.24) is 19.1 Å². The number of phosphoric acid groups is 4. The maximum atomic E-state index is 12.2. The van der Waals surface area contributed by atoms with Gasteiger partial charge in [0.15, 0.2) is 6.23 Å². The quantitative estimate of drug-likeness (QED) is 0.0629. The molecule has 0 aliphatic carbocycles. The monoisotopic (exact) mass is 865 g/mol. The third-order valence-electron chi connectivity index (χ3n) is 6.25. The van der Waals surface area contributed by atoms with Crippen molar-refractivity contribution in [3.05, 3.63) is 55.8 Å². The van der Waals surface area contributed by atoms with Gasteiger partial charge in [-0.05, 0) is 6.07 Å². The molecule has 11 atom stereocenters. The molecule has 34 heteroatoms. The number of anilines is 1. The molecule has 0 saturated carbocycles. The van der Waals surface area contributed by atoms with E-state index in [1.807, 2.05) is 4.98 Å². The number of hydrogen-bond acceptors (Lipinski definition) is 19. The van der Waals surface area contributed by atoms with E-state index in [2.05, 4.69) is 27.0 Å². The number of nitrogens with two attached hydrogens (primary N) is 1. The first-order valence-electron chi connectivity index (χ1n) is 12.8. The van der Waals surface area contributed by atoms with Crippen LogP contribution in [0.25, 0.3) is 0 Å². The van der Waals surface area contributed by atoms with Crippen molar-refractivity contribution in [2.45, 2.75) is 49.4 Å². The molecular weight excluding hydrogens is 838 g/mol.